The first kappa shape index (κ1) is 8.47. The SMILES string of the molecule is CCC/C(C)=N/OCC. The van der Waals surface area contributed by atoms with Crippen molar-refractivity contribution in [2.24, 2.45) is 5.16 Å². The van der Waals surface area contributed by atoms with Crippen LogP contribution < -0.4 is 0 Å². The van der Waals surface area contributed by atoms with Crippen LogP contribution in [0.15, 0.2) is 5.16 Å². The third kappa shape index (κ3) is 5.34. The van der Waals surface area contributed by atoms with Gasteiger partial charge in [-0.3, -0.25) is 0 Å². The first-order valence-corrected chi connectivity index (χ1v) is 3.46. The summed E-state index contributed by atoms with van der Waals surface area (Å²) in [7, 11) is 0. The minimum absolute atomic E-state index is 0.668. The van der Waals surface area contributed by atoms with Crippen LogP contribution in [0.2, 0.25) is 0 Å². The molecule has 0 aliphatic carbocycles. The molecule has 0 aliphatic heterocycles. The Morgan fingerprint density at radius 1 is 1.44 bits per heavy atom. The molecule has 0 fully saturated rings. The maximum absolute atomic E-state index is 4.84. The van der Waals surface area contributed by atoms with E-state index in [1.54, 1.807) is 0 Å². The third-order valence-corrected chi connectivity index (χ3v) is 0.961. The number of oxime groups is 1. The van der Waals surface area contributed by atoms with Crippen LogP contribution in [0.5, 0.6) is 0 Å². The van der Waals surface area contributed by atoms with Gasteiger partial charge in [-0.15, -0.1) is 0 Å². The Bertz CT molecular complexity index is 88.9. The van der Waals surface area contributed by atoms with Crippen LogP contribution in [0.1, 0.15) is 33.6 Å². The molecule has 0 saturated heterocycles. The van der Waals surface area contributed by atoms with Crippen molar-refractivity contribution in [3.8, 4) is 0 Å². The van der Waals surface area contributed by atoms with Crippen molar-refractivity contribution in [2.45, 2.75) is 33.6 Å². The van der Waals surface area contributed by atoms with Gasteiger partial charge in [-0.25, -0.2) is 0 Å². The molecule has 0 bridgehead atoms. The topological polar surface area (TPSA) is 21.6 Å². The second kappa shape index (κ2) is 5.60. The lowest BCUT2D eigenvalue weighted by Crippen LogP contribution is -1.91. The maximum atomic E-state index is 4.84. The Hall–Kier alpha value is -0.530. The van der Waals surface area contributed by atoms with Gasteiger partial charge in [0.25, 0.3) is 0 Å². The second-order valence-corrected chi connectivity index (χ2v) is 1.99. The Balaban J connectivity index is 3.30. The fourth-order valence-electron chi connectivity index (χ4n) is 0.582. The Morgan fingerprint density at radius 2 is 2.11 bits per heavy atom. The van der Waals surface area contributed by atoms with E-state index in [0.717, 1.165) is 18.6 Å². The largest absolute Gasteiger partial charge is 0.396 e. The molecule has 0 aromatic carbocycles. The van der Waals surface area contributed by atoms with Crippen LogP contribution in [0.4, 0.5) is 0 Å². The molecule has 0 aromatic heterocycles. The van der Waals surface area contributed by atoms with E-state index in [1.807, 2.05) is 13.8 Å². The van der Waals surface area contributed by atoms with E-state index >= 15 is 0 Å². The molecule has 0 saturated carbocycles. The zero-order valence-electron chi connectivity index (χ0n) is 6.48. The molecule has 9 heavy (non-hydrogen) atoms. The summed E-state index contributed by atoms with van der Waals surface area (Å²) in [6, 6.07) is 0. The predicted molar refractivity (Wildman–Crippen MR) is 39.6 cm³/mol. The molecule has 0 N–H and O–H groups in total. The van der Waals surface area contributed by atoms with E-state index in [4.69, 9.17) is 4.84 Å². The third-order valence-electron chi connectivity index (χ3n) is 0.961. The number of rotatable bonds is 4. The fourth-order valence-corrected chi connectivity index (χ4v) is 0.582. The molecule has 0 radical (unpaired) electrons. The molecule has 0 unspecified atom stereocenters. The molecule has 54 valence electrons. The van der Waals surface area contributed by atoms with Crippen molar-refractivity contribution >= 4 is 5.71 Å². The lowest BCUT2D eigenvalue weighted by molar-refractivity contribution is 0.158. The monoisotopic (exact) mass is 129 g/mol. The molecule has 0 rings (SSSR count). The van der Waals surface area contributed by atoms with E-state index in [0.29, 0.717) is 6.61 Å². The lowest BCUT2D eigenvalue weighted by atomic mass is 10.2. The van der Waals surface area contributed by atoms with Gasteiger partial charge in [-0.1, -0.05) is 18.5 Å². The molecular formula is C7H15NO. The van der Waals surface area contributed by atoms with Crippen molar-refractivity contribution in [1.82, 2.24) is 0 Å². The van der Waals surface area contributed by atoms with Gasteiger partial charge in [0.2, 0.25) is 0 Å². The minimum Gasteiger partial charge on any atom is -0.396 e. The van der Waals surface area contributed by atoms with Gasteiger partial charge in [0.15, 0.2) is 0 Å². The number of hydrogen-bond acceptors (Lipinski definition) is 2. The summed E-state index contributed by atoms with van der Waals surface area (Å²) < 4.78 is 0. The number of nitrogens with zero attached hydrogens (tertiary/aromatic N) is 1. The van der Waals surface area contributed by atoms with E-state index in [1.165, 1.54) is 0 Å². The van der Waals surface area contributed by atoms with Crippen LogP contribution in [-0.4, -0.2) is 12.3 Å². The maximum Gasteiger partial charge on any atom is 0.114 e. The number of hydrogen-bond donors (Lipinski definition) is 0. The zero-order chi connectivity index (χ0) is 7.11. The summed E-state index contributed by atoms with van der Waals surface area (Å²) in [6.07, 6.45) is 2.18. The molecule has 0 atom stereocenters. The van der Waals surface area contributed by atoms with Gasteiger partial charge >= 0.3 is 0 Å². The lowest BCUT2D eigenvalue weighted by Gasteiger charge is -1.95. The minimum atomic E-state index is 0.668. The average Bonchev–Trinajstić information content (AvgIpc) is 1.85. The van der Waals surface area contributed by atoms with Crippen LogP contribution in [0, 0.1) is 0 Å². The average molecular weight is 129 g/mol. The van der Waals surface area contributed by atoms with E-state index in [9.17, 15) is 0 Å². The van der Waals surface area contributed by atoms with Crippen LogP contribution in [0.3, 0.4) is 0 Å². The van der Waals surface area contributed by atoms with Gasteiger partial charge < -0.3 is 4.84 Å². The highest BCUT2D eigenvalue weighted by Crippen LogP contribution is 1.91. The van der Waals surface area contributed by atoms with Crippen molar-refractivity contribution < 1.29 is 4.84 Å². The van der Waals surface area contributed by atoms with Crippen LogP contribution >= 0.6 is 0 Å². The highest BCUT2D eigenvalue weighted by molar-refractivity contribution is 5.81. The molecule has 0 heterocycles. The van der Waals surface area contributed by atoms with Gasteiger partial charge in [0, 0.05) is 0 Å². The van der Waals surface area contributed by atoms with Crippen LogP contribution in [-0.2, 0) is 4.84 Å². The first-order chi connectivity index (χ1) is 4.31. The summed E-state index contributed by atoms with van der Waals surface area (Å²) in [4.78, 5) is 4.84. The summed E-state index contributed by atoms with van der Waals surface area (Å²) in [6.45, 7) is 6.72. The summed E-state index contributed by atoms with van der Waals surface area (Å²) >= 11 is 0. The molecule has 0 aromatic rings. The summed E-state index contributed by atoms with van der Waals surface area (Å²) in [5.74, 6) is 0. The van der Waals surface area contributed by atoms with Gasteiger partial charge in [-0.05, 0) is 20.3 Å². The van der Waals surface area contributed by atoms with E-state index < -0.39 is 0 Å². The van der Waals surface area contributed by atoms with Crippen molar-refractivity contribution in [3.05, 3.63) is 0 Å². The predicted octanol–water partition coefficient (Wildman–Crippen LogP) is 2.20. The quantitative estimate of drug-likeness (QED) is 0.421. The Kier molecular flexibility index (Phi) is 5.27. The highest BCUT2D eigenvalue weighted by Gasteiger charge is 1.86. The fraction of sp³-hybridized carbons (Fsp3) is 0.857. The smallest absolute Gasteiger partial charge is 0.114 e. The van der Waals surface area contributed by atoms with Gasteiger partial charge in [0.1, 0.15) is 6.61 Å². The Morgan fingerprint density at radius 3 is 2.56 bits per heavy atom. The van der Waals surface area contributed by atoms with Crippen molar-refractivity contribution in [1.29, 1.82) is 0 Å². The summed E-state index contributed by atoms with van der Waals surface area (Å²) in [5, 5.41) is 3.85. The van der Waals surface area contributed by atoms with Crippen LogP contribution in [0.25, 0.3) is 0 Å². The van der Waals surface area contributed by atoms with Gasteiger partial charge in [0.05, 0.1) is 5.71 Å². The first-order valence-electron chi connectivity index (χ1n) is 3.46. The van der Waals surface area contributed by atoms with E-state index in [-0.39, 0.29) is 0 Å². The van der Waals surface area contributed by atoms with Crippen molar-refractivity contribution in [2.75, 3.05) is 6.61 Å². The molecular weight excluding hydrogens is 114 g/mol. The molecule has 0 aliphatic rings. The second-order valence-electron chi connectivity index (χ2n) is 1.99. The molecule has 0 spiro atoms. The molecule has 0 amide bonds. The molecule has 2 nitrogen and oxygen atoms in total. The van der Waals surface area contributed by atoms with E-state index in [2.05, 4.69) is 12.1 Å². The van der Waals surface area contributed by atoms with Crippen molar-refractivity contribution in [3.63, 3.8) is 0 Å². The zero-order valence-corrected chi connectivity index (χ0v) is 6.48. The standard InChI is InChI=1S/C7H15NO/c1-4-6-7(3)8-9-5-2/h4-6H2,1-3H3/b8-7+. The Labute approximate surface area is 56.9 Å². The van der Waals surface area contributed by atoms with Gasteiger partial charge in [-0.2, -0.15) is 0 Å². The normalized spacial score (nSPS) is 11.7. The highest BCUT2D eigenvalue weighted by atomic mass is 16.6. The summed E-state index contributed by atoms with van der Waals surface area (Å²) in [5.41, 5.74) is 1.08. The molecule has 2 heteroatoms.